The maximum absolute atomic E-state index is 12.4. The molecule has 0 radical (unpaired) electrons. The molecular formula is C8H15F2NO2. The second kappa shape index (κ2) is 5.11. The number of aliphatic hydroxyl groups is 1. The fourth-order valence-electron chi connectivity index (χ4n) is 0.632. The Morgan fingerprint density at radius 2 is 2.15 bits per heavy atom. The van der Waals surface area contributed by atoms with Gasteiger partial charge in [0.2, 0.25) is 5.91 Å². The molecule has 78 valence electrons. The van der Waals surface area contributed by atoms with Gasteiger partial charge in [0.05, 0.1) is 6.54 Å². The third kappa shape index (κ3) is 4.77. The van der Waals surface area contributed by atoms with Gasteiger partial charge >= 0.3 is 0 Å². The van der Waals surface area contributed by atoms with Gasteiger partial charge in [-0.1, -0.05) is 13.8 Å². The molecule has 0 saturated heterocycles. The molecule has 0 aliphatic carbocycles. The summed E-state index contributed by atoms with van der Waals surface area (Å²) >= 11 is 0. The van der Waals surface area contributed by atoms with Crippen molar-refractivity contribution in [2.24, 2.45) is 5.92 Å². The Kier molecular flexibility index (Phi) is 4.83. The average Bonchev–Trinajstić information content (AvgIpc) is 2.13. The largest absolute Gasteiger partial charge is 0.390 e. The first-order chi connectivity index (χ1) is 5.93. The van der Waals surface area contributed by atoms with E-state index in [9.17, 15) is 13.6 Å². The fraction of sp³-hybridized carbons (Fsp3) is 0.875. The number of hydrogen-bond donors (Lipinski definition) is 2. The number of carbonyl (C=O) groups excluding carboxylic acids is 1. The summed E-state index contributed by atoms with van der Waals surface area (Å²) in [6.07, 6.45) is 0.608. The summed E-state index contributed by atoms with van der Waals surface area (Å²) in [5.74, 6) is -3.89. The molecule has 0 spiro atoms. The number of aliphatic hydroxyl groups excluding tert-OH is 1. The van der Waals surface area contributed by atoms with Gasteiger partial charge in [-0.05, 0) is 6.42 Å². The van der Waals surface area contributed by atoms with Crippen LogP contribution in [-0.2, 0) is 4.79 Å². The first-order valence-electron chi connectivity index (χ1n) is 4.19. The van der Waals surface area contributed by atoms with E-state index in [1.54, 1.807) is 13.8 Å². The predicted octanol–water partition coefficient (Wildman–Crippen LogP) is 0.776. The normalized spacial score (nSPS) is 13.9. The second-order valence-corrected chi connectivity index (χ2v) is 3.04. The Morgan fingerprint density at radius 3 is 2.54 bits per heavy atom. The van der Waals surface area contributed by atoms with Gasteiger partial charge < -0.3 is 10.4 Å². The molecule has 5 heteroatoms. The standard InChI is InChI=1S/C8H15F2NO2/c1-3-6(2)7(13)11-4-8(9,10)5-12/h6,12H,3-5H2,1-2H3,(H,11,13). The molecule has 0 heterocycles. The van der Waals surface area contributed by atoms with Gasteiger partial charge in [-0.25, -0.2) is 8.78 Å². The van der Waals surface area contributed by atoms with E-state index >= 15 is 0 Å². The van der Waals surface area contributed by atoms with Crippen molar-refractivity contribution in [2.45, 2.75) is 26.2 Å². The van der Waals surface area contributed by atoms with Crippen LogP contribution in [0.25, 0.3) is 0 Å². The van der Waals surface area contributed by atoms with Gasteiger partial charge in [0, 0.05) is 5.92 Å². The minimum Gasteiger partial charge on any atom is -0.390 e. The molecule has 0 fully saturated rings. The van der Waals surface area contributed by atoms with E-state index in [4.69, 9.17) is 5.11 Å². The summed E-state index contributed by atoms with van der Waals surface area (Å²) in [6, 6.07) is 0. The Morgan fingerprint density at radius 1 is 1.62 bits per heavy atom. The number of hydrogen-bond acceptors (Lipinski definition) is 2. The fourth-order valence-corrected chi connectivity index (χ4v) is 0.632. The highest BCUT2D eigenvalue weighted by Gasteiger charge is 2.28. The molecule has 1 amide bonds. The highest BCUT2D eigenvalue weighted by atomic mass is 19.3. The Balaban J connectivity index is 3.83. The monoisotopic (exact) mass is 195 g/mol. The Bertz CT molecular complexity index is 174. The van der Waals surface area contributed by atoms with Crippen LogP contribution in [0.5, 0.6) is 0 Å². The summed E-state index contributed by atoms with van der Waals surface area (Å²) in [7, 11) is 0. The van der Waals surface area contributed by atoms with Crippen molar-refractivity contribution in [1.82, 2.24) is 5.32 Å². The Hall–Kier alpha value is -0.710. The smallest absolute Gasteiger partial charge is 0.287 e. The minimum atomic E-state index is -3.22. The molecule has 13 heavy (non-hydrogen) atoms. The van der Waals surface area contributed by atoms with Crippen LogP contribution < -0.4 is 5.32 Å². The molecule has 0 aromatic rings. The van der Waals surface area contributed by atoms with Crippen LogP contribution in [0, 0.1) is 5.92 Å². The lowest BCUT2D eigenvalue weighted by atomic mass is 10.1. The van der Waals surface area contributed by atoms with Gasteiger partial charge in [-0.3, -0.25) is 4.79 Å². The molecule has 0 aliphatic rings. The lowest BCUT2D eigenvalue weighted by Gasteiger charge is -2.15. The molecular weight excluding hydrogens is 180 g/mol. The van der Waals surface area contributed by atoms with E-state index in [1.165, 1.54) is 0 Å². The quantitative estimate of drug-likeness (QED) is 0.681. The van der Waals surface area contributed by atoms with Gasteiger partial charge in [0.25, 0.3) is 5.92 Å². The molecule has 3 nitrogen and oxygen atoms in total. The molecule has 0 bridgehead atoms. The average molecular weight is 195 g/mol. The third-order valence-corrected chi connectivity index (χ3v) is 1.81. The van der Waals surface area contributed by atoms with Crippen molar-refractivity contribution in [3.63, 3.8) is 0 Å². The van der Waals surface area contributed by atoms with Crippen molar-refractivity contribution in [3.8, 4) is 0 Å². The first-order valence-corrected chi connectivity index (χ1v) is 4.19. The highest BCUT2D eigenvalue weighted by Crippen LogP contribution is 2.10. The van der Waals surface area contributed by atoms with Crippen molar-refractivity contribution >= 4 is 5.91 Å². The number of carbonyl (C=O) groups is 1. The van der Waals surface area contributed by atoms with Gasteiger partial charge in [0.15, 0.2) is 0 Å². The molecule has 0 aliphatic heterocycles. The predicted molar refractivity (Wildman–Crippen MR) is 44.5 cm³/mol. The van der Waals surface area contributed by atoms with Crippen LogP contribution in [0.1, 0.15) is 20.3 Å². The molecule has 0 aromatic heterocycles. The van der Waals surface area contributed by atoms with E-state index in [-0.39, 0.29) is 5.92 Å². The molecule has 1 atom stereocenters. The lowest BCUT2D eigenvalue weighted by molar-refractivity contribution is -0.127. The number of alkyl halides is 2. The second-order valence-electron chi connectivity index (χ2n) is 3.04. The summed E-state index contributed by atoms with van der Waals surface area (Å²) < 4.78 is 24.8. The van der Waals surface area contributed by atoms with E-state index in [2.05, 4.69) is 5.32 Å². The van der Waals surface area contributed by atoms with E-state index in [0.29, 0.717) is 6.42 Å². The van der Waals surface area contributed by atoms with Crippen molar-refractivity contribution < 1.29 is 18.7 Å². The molecule has 0 aromatic carbocycles. The van der Waals surface area contributed by atoms with Crippen molar-refractivity contribution in [2.75, 3.05) is 13.2 Å². The van der Waals surface area contributed by atoms with E-state index in [0.717, 1.165) is 0 Å². The van der Waals surface area contributed by atoms with Gasteiger partial charge in [-0.2, -0.15) is 0 Å². The zero-order valence-electron chi connectivity index (χ0n) is 7.81. The topological polar surface area (TPSA) is 49.3 Å². The highest BCUT2D eigenvalue weighted by molar-refractivity contribution is 5.78. The van der Waals surface area contributed by atoms with Crippen molar-refractivity contribution in [3.05, 3.63) is 0 Å². The van der Waals surface area contributed by atoms with Crippen LogP contribution >= 0.6 is 0 Å². The summed E-state index contributed by atoms with van der Waals surface area (Å²) in [5, 5.41) is 10.3. The van der Waals surface area contributed by atoms with E-state index in [1.807, 2.05) is 0 Å². The van der Waals surface area contributed by atoms with E-state index < -0.39 is 25.0 Å². The molecule has 2 N–H and O–H groups in total. The summed E-state index contributed by atoms with van der Waals surface area (Å²) in [5.41, 5.74) is 0. The third-order valence-electron chi connectivity index (χ3n) is 1.81. The summed E-state index contributed by atoms with van der Waals surface area (Å²) in [6.45, 7) is 1.42. The first kappa shape index (κ1) is 12.3. The number of halogens is 2. The zero-order valence-corrected chi connectivity index (χ0v) is 7.81. The van der Waals surface area contributed by atoms with Crippen LogP contribution in [-0.4, -0.2) is 30.1 Å². The lowest BCUT2D eigenvalue weighted by Crippen LogP contribution is -2.40. The van der Waals surface area contributed by atoms with Gasteiger partial charge in [0.1, 0.15) is 6.61 Å². The maximum Gasteiger partial charge on any atom is 0.287 e. The molecule has 0 rings (SSSR count). The van der Waals surface area contributed by atoms with Gasteiger partial charge in [-0.15, -0.1) is 0 Å². The Labute approximate surface area is 76.1 Å². The number of amides is 1. The molecule has 0 saturated carbocycles. The number of nitrogens with one attached hydrogen (secondary N) is 1. The van der Waals surface area contributed by atoms with Crippen LogP contribution in [0.3, 0.4) is 0 Å². The SMILES string of the molecule is CCC(C)C(=O)NCC(F)(F)CO. The molecule has 1 unspecified atom stereocenters. The maximum atomic E-state index is 12.4. The van der Waals surface area contributed by atoms with Crippen LogP contribution in [0.4, 0.5) is 8.78 Å². The summed E-state index contributed by atoms with van der Waals surface area (Å²) in [4.78, 5) is 11.0. The number of rotatable bonds is 5. The zero-order chi connectivity index (χ0) is 10.5. The van der Waals surface area contributed by atoms with Crippen LogP contribution in [0.2, 0.25) is 0 Å². The minimum absolute atomic E-state index is 0.269. The van der Waals surface area contributed by atoms with Crippen molar-refractivity contribution in [1.29, 1.82) is 0 Å². The van der Waals surface area contributed by atoms with Crippen LogP contribution in [0.15, 0.2) is 0 Å².